The van der Waals surface area contributed by atoms with Crippen LogP contribution in [0.4, 0.5) is 0 Å². The van der Waals surface area contributed by atoms with Crippen LogP contribution >= 0.6 is 7.82 Å². The van der Waals surface area contributed by atoms with Crippen molar-refractivity contribution in [1.82, 2.24) is 0 Å². The number of phosphoric ester groups is 1. The van der Waals surface area contributed by atoms with E-state index < -0.39 is 7.82 Å². The van der Waals surface area contributed by atoms with Crippen molar-refractivity contribution in [3.05, 3.63) is 65.5 Å². The van der Waals surface area contributed by atoms with Gasteiger partial charge in [-0.3, -0.25) is 9.05 Å². The van der Waals surface area contributed by atoms with E-state index in [1.165, 1.54) is 0 Å². The minimum absolute atomic E-state index is 0.0373. The summed E-state index contributed by atoms with van der Waals surface area (Å²) >= 11 is 0. The quantitative estimate of drug-likeness (QED) is 0.339. The van der Waals surface area contributed by atoms with Gasteiger partial charge in [0, 0.05) is 5.56 Å². The van der Waals surface area contributed by atoms with Crippen LogP contribution in [0.3, 0.4) is 0 Å². The molecular formula is C23H33O5P. The molecule has 0 amide bonds. The molecule has 0 fully saturated rings. The van der Waals surface area contributed by atoms with Gasteiger partial charge in [0.15, 0.2) is 0 Å². The number of allylic oxidation sites excluding steroid dienone is 4. The lowest BCUT2D eigenvalue weighted by Gasteiger charge is -2.36. The molecule has 1 aromatic rings. The van der Waals surface area contributed by atoms with Crippen LogP contribution in [-0.2, 0) is 24.6 Å². The third kappa shape index (κ3) is 5.63. The van der Waals surface area contributed by atoms with E-state index in [9.17, 15) is 9.67 Å². The van der Waals surface area contributed by atoms with E-state index in [2.05, 4.69) is 13.2 Å². The van der Waals surface area contributed by atoms with Crippen molar-refractivity contribution < 1.29 is 23.2 Å². The second-order valence-corrected chi connectivity index (χ2v) is 8.97. The van der Waals surface area contributed by atoms with Gasteiger partial charge in [0.1, 0.15) is 11.5 Å². The van der Waals surface area contributed by atoms with Gasteiger partial charge in [-0.1, -0.05) is 30.4 Å². The lowest BCUT2D eigenvalue weighted by molar-refractivity contribution is 0.134. The van der Waals surface area contributed by atoms with E-state index in [1.54, 1.807) is 19.9 Å². The topological polar surface area (TPSA) is 65.0 Å². The maximum absolute atomic E-state index is 13.1. The fraction of sp³-hybridized carbons (Fsp3) is 0.478. The lowest BCUT2D eigenvalue weighted by atomic mass is 9.72. The van der Waals surface area contributed by atoms with Crippen LogP contribution in [0.5, 0.6) is 5.75 Å². The van der Waals surface area contributed by atoms with Gasteiger partial charge in [0.2, 0.25) is 0 Å². The Hall–Kier alpha value is -1.81. The molecule has 1 N–H and O–H groups in total. The highest BCUT2D eigenvalue weighted by Crippen LogP contribution is 2.57. The summed E-state index contributed by atoms with van der Waals surface area (Å²) in [5.74, 6) is 0.434. The van der Waals surface area contributed by atoms with E-state index in [0.717, 1.165) is 35.1 Å². The zero-order chi connectivity index (χ0) is 21.6. The Bertz CT molecular complexity index is 817. The molecule has 2 rings (SSSR count). The summed E-state index contributed by atoms with van der Waals surface area (Å²) in [5, 5.41) is 10.7. The molecule has 0 aliphatic heterocycles. The molecule has 2 atom stereocenters. The van der Waals surface area contributed by atoms with E-state index in [0.29, 0.717) is 12.2 Å². The van der Waals surface area contributed by atoms with Crippen molar-refractivity contribution >= 4 is 7.82 Å². The minimum atomic E-state index is -3.76. The molecule has 160 valence electrons. The van der Waals surface area contributed by atoms with Gasteiger partial charge in [0.05, 0.1) is 19.1 Å². The number of aromatic hydroxyl groups is 1. The number of hydrogen-bond donors (Lipinski definition) is 1. The van der Waals surface area contributed by atoms with Crippen molar-refractivity contribution in [2.45, 2.75) is 52.9 Å². The molecular weight excluding hydrogens is 387 g/mol. The molecule has 0 aromatic heterocycles. The summed E-state index contributed by atoms with van der Waals surface area (Å²) in [6, 6.07) is 5.53. The summed E-state index contributed by atoms with van der Waals surface area (Å²) in [7, 11) is -3.76. The summed E-state index contributed by atoms with van der Waals surface area (Å²) in [4.78, 5) is 0. The first-order valence-corrected chi connectivity index (χ1v) is 11.6. The average molecular weight is 420 g/mol. The first kappa shape index (κ1) is 23.5. The van der Waals surface area contributed by atoms with Crippen molar-refractivity contribution in [2.24, 2.45) is 5.92 Å². The van der Waals surface area contributed by atoms with Gasteiger partial charge in [-0.05, 0) is 70.1 Å². The van der Waals surface area contributed by atoms with Crippen molar-refractivity contribution in [3.63, 3.8) is 0 Å². The van der Waals surface area contributed by atoms with Gasteiger partial charge in [-0.2, -0.15) is 0 Å². The normalized spacial score (nSPS) is 19.9. The third-order valence-electron chi connectivity index (χ3n) is 5.16. The highest BCUT2D eigenvalue weighted by molar-refractivity contribution is 7.48. The van der Waals surface area contributed by atoms with Gasteiger partial charge < -0.3 is 9.63 Å². The Morgan fingerprint density at radius 3 is 2.52 bits per heavy atom. The highest BCUT2D eigenvalue weighted by Gasteiger charge is 2.40. The predicted octanol–water partition coefficient (Wildman–Crippen LogP) is 6.66. The molecule has 6 heteroatoms. The largest absolute Gasteiger partial charge is 0.529 e. The highest BCUT2D eigenvalue weighted by atomic mass is 31.2. The second-order valence-electron chi connectivity index (χ2n) is 7.37. The Morgan fingerprint density at radius 2 is 1.97 bits per heavy atom. The number of benzene rings is 1. The number of phenolic OH excluding ortho intramolecular Hbond substituents is 1. The predicted molar refractivity (Wildman–Crippen MR) is 117 cm³/mol. The van der Waals surface area contributed by atoms with Crippen LogP contribution in [0.25, 0.3) is 0 Å². The average Bonchev–Trinajstić information content (AvgIpc) is 2.65. The first-order valence-electron chi connectivity index (χ1n) is 10.1. The maximum atomic E-state index is 13.1. The summed E-state index contributed by atoms with van der Waals surface area (Å²) in [6.45, 7) is 15.8. The fourth-order valence-corrected chi connectivity index (χ4v) is 5.13. The molecule has 0 heterocycles. The second kappa shape index (κ2) is 10.3. The Balaban J connectivity index is 2.60. The van der Waals surface area contributed by atoms with Crippen LogP contribution in [-0.4, -0.2) is 18.3 Å². The van der Waals surface area contributed by atoms with Crippen LogP contribution in [0, 0.1) is 5.92 Å². The lowest BCUT2D eigenvalue weighted by Crippen LogP contribution is -2.23. The molecule has 0 spiro atoms. The molecule has 0 saturated carbocycles. The van der Waals surface area contributed by atoms with Gasteiger partial charge in [-0.15, -0.1) is 6.58 Å². The number of hydrogen-bond acceptors (Lipinski definition) is 5. The molecule has 5 nitrogen and oxygen atoms in total. The first-order chi connectivity index (χ1) is 13.8. The Labute approximate surface area is 174 Å². The minimum Gasteiger partial charge on any atom is -0.508 e. The fourth-order valence-electron chi connectivity index (χ4n) is 3.81. The van der Waals surface area contributed by atoms with Gasteiger partial charge in [-0.25, -0.2) is 4.57 Å². The van der Waals surface area contributed by atoms with Crippen molar-refractivity contribution in [1.29, 1.82) is 0 Å². The maximum Gasteiger partial charge on any atom is 0.529 e. The SMILES string of the molecule is C=CCc1ccc(O)c([C@@H]2C(OP(=O)(OCC)OCC)=C(C)CC[C@H]2C(=C)C)c1. The molecule has 29 heavy (non-hydrogen) atoms. The smallest absolute Gasteiger partial charge is 0.508 e. The third-order valence-corrected chi connectivity index (χ3v) is 6.73. The molecule has 0 saturated heterocycles. The zero-order valence-corrected chi connectivity index (χ0v) is 18.8. The van der Waals surface area contributed by atoms with Gasteiger partial charge in [0.25, 0.3) is 0 Å². The van der Waals surface area contributed by atoms with E-state index >= 15 is 0 Å². The van der Waals surface area contributed by atoms with E-state index in [-0.39, 0.29) is 30.8 Å². The molecule has 1 aliphatic rings. The van der Waals surface area contributed by atoms with Crippen LogP contribution in [0.1, 0.15) is 57.6 Å². The molecule has 0 radical (unpaired) electrons. The van der Waals surface area contributed by atoms with Crippen molar-refractivity contribution in [3.8, 4) is 5.75 Å². The van der Waals surface area contributed by atoms with E-state index in [4.69, 9.17) is 13.6 Å². The number of phenols is 1. The molecule has 0 bridgehead atoms. The summed E-state index contributed by atoms with van der Waals surface area (Å²) < 4.78 is 29.9. The van der Waals surface area contributed by atoms with Crippen LogP contribution < -0.4 is 0 Å². The number of phosphoric acid groups is 1. The molecule has 1 aromatic carbocycles. The van der Waals surface area contributed by atoms with Crippen LogP contribution in [0.2, 0.25) is 0 Å². The van der Waals surface area contributed by atoms with Crippen LogP contribution in [0.15, 0.2) is 54.3 Å². The Kier molecular flexibility index (Phi) is 8.33. The zero-order valence-electron chi connectivity index (χ0n) is 17.9. The van der Waals surface area contributed by atoms with E-state index in [1.807, 2.05) is 32.1 Å². The standard InChI is InChI=1S/C23H33O5P/c1-7-10-18-12-14-21(24)20(15-18)22-19(16(4)5)13-11-17(6)23(22)28-29(25,26-8-2)27-9-3/h7,12,14-15,19,22,24H,1,4,8-11,13H2,2-3,5-6H3/t19-,22+/m0/s1. The molecule has 1 aliphatic carbocycles. The summed E-state index contributed by atoms with van der Waals surface area (Å²) in [6.07, 6.45) is 4.17. The van der Waals surface area contributed by atoms with Crippen molar-refractivity contribution in [2.75, 3.05) is 13.2 Å². The number of rotatable bonds is 10. The Morgan fingerprint density at radius 1 is 1.31 bits per heavy atom. The molecule has 0 unspecified atom stereocenters. The summed E-state index contributed by atoms with van der Waals surface area (Å²) in [5.41, 5.74) is 3.72. The monoisotopic (exact) mass is 420 g/mol. The van der Waals surface area contributed by atoms with Gasteiger partial charge >= 0.3 is 7.82 Å².